The van der Waals surface area contributed by atoms with Crippen molar-refractivity contribution in [1.29, 1.82) is 0 Å². The molecule has 1 aliphatic rings. The van der Waals surface area contributed by atoms with Gasteiger partial charge in [0.1, 0.15) is 18.1 Å². The lowest BCUT2D eigenvalue weighted by molar-refractivity contribution is -0.0354. The van der Waals surface area contributed by atoms with E-state index in [0.29, 0.717) is 17.0 Å². The summed E-state index contributed by atoms with van der Waals surface area (Å²) in [4.78, 5) is 44.3. The van der Waals surface area contributed by atoms with Gasteiger partial charge in [0.25, 0.3) is 0 Å². The molecule has 1 aliphatic heterocycles. The summed E-state index contributed by atoms with van der Waals surface area (Å²) >= 11 is 6.24. The topological polar surface area (TPSA) is 216 Å². The minimum atomic E-state index is -4.72. The van der Waals surface area contributed by atoms with E-state index in [0.717, 1.165) is 21.8 Å². The maximum Gasteiger partial charge on any atom is 0.335 e. The summed E-state index contributed by atoms with van der Waals surface area (Å²) < 4.78 is 30.6. The molecule has 5 aromatic rings. The van der Waals surface area contributed by atoms with E-state index in [9.17, 15) is 24.2 Å². The van der Waals surface area contributed by atoms with Crippen LogP contribution in [-0.2, 0) is 13.9 Å². The van der Waals surface area contributed by atoms with Crippen molar-refractivity contribution in [2.45, 2.75) is 31.0 Å². The number of fused-ring (bicyclic) bond motifs is 4. The van der Waals surface area contributed by atoms with Crippen LogP contribution in [0.1, 0.15) is 12.6 Å². The van der Waals surface area contributed by atoms with Crippen LogP contribution in [0.15, 0.2) is 48.8 Å². The molecule has 7 N–H and O–H groups in total. The van der Waals surface area contributed by atoms with E-state index in [1.165, 1.54) is 10.9 Å². The van der Waals surface area contributed by atoms with Gasteiger partial charge in [-0.3, -0.25) is 13.7 Å². The van der Waals surface area contributed by atoms with Gasteiger partial charge in [-0.05, 0) is 42.3 Å². The Morgan fingerprint density at radius 3 is 2.56 bits per heavy atom. The highest BCUT2D eigenvalue weighted by Crippen LogP contribution is 2.55. The smallest absolute Gasteiger partial charge is 0.335 e. The fraction of sp³-hybridized carbons (Fsp3) is 0.292. The Hall–Kier alpha value is -2.90. The van der Waals surface area contributed by atoms with Gasteiger partial charge >= 0.3 is 7.60 Å². The van der Waals surface area contributed by atoms with E-state index < -0.39 is 51.6 Å². The third-order valence-corrected chi connectivity index (χ3v) is 11.3. The van der Waals surface area contributed by atoms with Crippen molar-refractivity contribution < 1.29 is 38.8 Å². The average molecular weight is 623 g/mol. The lowest BCUT2D eigenvalue weighted by Gasteiger charge is -2.18. The first-order valence-corrected chi connectivity index (χ1v) is 16.6. The number of H-pyrrole nitrogens is 1. The molecule has 1 fully saturated rings. The Labute approximate surface area is 236 Å². The largest absolute Gasteiger partial charge is 0.388 e. The van der Waals surface area contributed by atoms with E-state index in [1.807, 2.05) is 42.5 Å². The van der Waals surface area contributed by atoms with Crippen LogP contribution in [0.2, 0.25) is 5.28 Å². The van der Waals surface area contributed by atoms with Crippen LogP contribution >= 0.6 is 26.6 Å². The Kier molecular flexibility index (Phi) is 7.18. The summed E-state index contributed by atoms with van der Waals surface area (Å²) in [5.41, 5.74) is 3.19. The van der Waals surface area contributed by atoms with E-state index >= 15 is 0 Å². The molecule has 0 saturated carbocycles. The standard InChI is InChI=1S/C24H25ClN6O8P2/c25-24-29-21(27-12-5-6-16-14(9-12)13-3-1-2-4-15(13)28-16)18-22(30-24)31(10-26-18)23-20(33)19(32)17(39-23)7-8-40(34,35)11-41(36,37)38/h1-6,9-10,17,19-20,23,28,32-33H,7-8,11H2,(H,34,35)(H,27,29,30)(H2,36,37,38). The number of aliphatic hydroxyl groups excluding tert-OH is 2. The number of nitrogens with one attached hydrogen (secondary N) is 2. The van der Waals surface area contributed by atoms with Crippen LogP contribution < -0.4 is 5.32 Å². The molecule has 14 nitrogen and oxygen atoms in total. The van der Waals surface area contributed by atoms with Crippen LogP contribution in [0.4, 0.5) is 11.5 Å². The van der Waals surface area contributed by atoms with Crippen LogP contribution in [0.3, 0.4) is 0 Å². The average Bonchev–Trinajstić information content (AvgIpc) is 3.55. The molecule has 5 unspecified atom stereocenters. The quantitative estimate of drug-likeness (QED) is 0.0980. The second-order valence-electron chi connectivity index (χ2n) is 9.93. The van der Waals surface area contributed by atoms with Crippen molar-refractivity contribution in [2.24, 2.45) is 0 Å². The molecule has 3 aromatic heterocycles. The maximum atomic E-state index is 12.2. The van der Waals surface area contributed by atoms with E-state index in [2.05, 4.69) is 25.3 Å². The zero-order chi connectivity index (χ0) is 29.1. The normalized spacial score (nSPS) is 23.0. The van der Waals surface area contributed by atoms with Gasteiger partial charge in [-0.1, -0.05) is 18.2 Å². The molecule has 5 atom stereocenters. The zero-order valence-corrected chi connectivity index (χ0v) is 23.6. The number of ether oxygens (including phenoxy) is 1. The monoisotopic (exact) mass is 622 g/mol. The highest BCUT2D eigenvalue weighted by Gasteiger charge is 2.45. The number of rotatable bonds is 8. The number of hydrogen-bond acceptors (Lipinski definition) is 9. The second kappa shape index (κ2) is 10.4. The number of imidazole rings is 1. The molecule has 0 amide bonds. The number of aliphatic hydroxyl groups is 2. The fourth-order valence-corrected chi connectivity index (χ4v) is 8.80. The molecular weight excluding hydrogens is 598 g/mol. The SMILES string of the molecule is O=P(O)(O)CP(=O)(O)CCC1OC(n2cnc3c(Nc4ccc5[nH]c6ccccc6c5c4)nc(Cl)nc32)C(O)C1O. The fourth-order valence-electron chi connectivity index (χ4n) is 5.11. The van der Waals surface area contributed by atoms with Crippen LogP contribution in [0.5, 0.6) is 0 Å². The number of halogens is 1. The van der Waals surface area contributed by atoms with Crippen molar-refractivity contribution >= 4 is 71.0 Å². The zero-order valence-electron chi connectivity index (χ0n) is 21.1. The molecule has 0 radical (unpaired) electrons. The molecule has 0 aliphatic carbocycles. The summed E-state index contributed by atoms with van der Waals surface area (Å²) in [5.74, 6) is -0.888. The Bertz CT molecular complexity index is 1880. The minimum absolute atomic E-state index is 0.113. The van der Waals surface area contributed by atoms with Crippen molar-refractivity contribution in [3.8, 4) is 0 Å². The Balaban J connectivity index is 1.26. The van der Waals surface area contributed by atoms with Crippen molar-refractivity contribution in [1.82, 2.24) is 24.5 Å². The van der Waals surface area contributed by atoms with Gasteiger partial charge in [0.05, 0.1) is 12.4 Å². The molecule has 0 spiro atoms. The van der Waals surface area contributed by atoms with E-state index in [-0.39, 0.29) is 17.4 Å². The number of hydrogen-bond donors (Lipinski definition) is 7. The molecule has 41 heavy (non-hydrogen) atoms. The third kappa shape index (κ3) is 5.63. The molecule has 6 rings (SSSR count). The van der Waals surface area contributed by atoms with Crippen molar-refractivity contribution in [3.05, 3.63) is 54.1 Å². The first-order chi connectivity index (χ1) is 19.4. The predicted molar refractivity (Wildman–Crippen MR) is 152 cm³/mol. The van der Waals surface area contributed by atoms with E-state index in [4.69, 9.17) is 26.1 Å². The number of aromatic nitrogens is 5. The van der Waals surface area contributed by atoms with Gasteiger partial charge in [0.2, 0.25) is 12.7 Å². The first-order valence-electron chi connectivity index (χ1n) is 12.4. The lowest BCUT2D eigenvalue weighted by Crippen LogP contribution is -2.32. The second-order valence-corrected chi connectivity index (χ2v) is 14.9. The van der Waals surface area contributed by atoms with Crippen molar-refractivity contribution in [2.75, 3.05) is 17.4 Å². The maximum absolute atomic E-state index is 12.2. The number of aromatic amines is 1. The van der Waals surface area contributed by atoms with Gasteiger partial charge in [-0.15, -0.1) is 0 Å². The Morgan fingerprint density at radius 1 is 1.02 bits per heavy atom. The molecule has 4 heterocycles. The summed E-state index contributed by atoms with van der Waals surface area (Å²) in [7, 11) is -8.93. The molecule has 17 heteroatoms. The van der Waals surface area contributed by atoms with Gasteiger partial charge in [0, 0.05) is 33.7 Å². The summed E-state index contributed by atoms with van der Waals surface area (Å²) in [6.07, 6.45) is -4.60. The van der Waals surface area contributed by atoms with Crippen molar-refractivity contribution in [3.63, 3.8) is 0 Å². The van der Waals surface area contributed by atoms with Crippen LogP contribution in [0.25, 0.3) is 33.0 Å². The molecule has 0 bridgehead atoms. The number of para-hydroxylation sites is 1. The first kappa shape index (κ1) is 28.2. The molecule has 216 valence electrons. The van der Waals surface area contributed by atoms with Crippen LogP contribution in [0, 0.1) is 0 Å². The summed E-state index contributed by atoms with van der Waals surface area (Å²) in [6.45, 7) is 0. The summed E-state index contributed by atoms with van der Waals surface area (Å²) in [6, 6.07) is 13.7. The number of benzene rings is 2. The highest BCUT2D eigenvalue weighted by molar-refractivity contribution is 7.72. The third-order valence-electron chi connectivity index (χ3n) is 6.94. The minimum Gasteiger partial charge on any atom is -0.388 e. The number of nitrogens with zero attached hydrogens (tertiary/aromatic N) is 4. The van der Waals surface area contributed by atoms with Gasteiger partial charge in [-0.25, -0.2) is 4.98 Å². The number of anilines is 2. The van der Waals surface area contributed by atoms with Gasteiger partial charge < -0.3 is 39.9 Å². The highest BCUT2D eigenvalue weighted by atomic mass is 35.5. The van der Waals surface area contributed by atoms with Gasteiger partial charge in [0.15, 0.2) is 23.2 Å². The lowest BCUT2D eigenvalue weighted by atomic mass is 10.1. The van der Waals surface area contributed by atoms with Gasteiger partial charge in [-0.2, -0.15) is 9.97 Å². The molecular formula is C24H25ClN6O8P2. The Morgan fingerprint density at radius 2 is 1.78 bits per heavy atom. The molecule has 2 aromatic carbocycles. The molecule has 1 saturated heterocycles. The van der Waals surface area contributed by atoms with Crippen LogP contribution in [-0.4, -0.2) is 79.8 Å². The summed E-state index contributed by atoms with van der Waals surface area (Å²) in [5, 5.41) is 26.5. The predicted octanol–water partition coefficient (Wildman–Crippen LogP) is 3.27. The van der Waals surface area contributed by atoms with E-state index in [1.54, 1.807) is 0 Å².